The van der Waals surface area contributed by atoms with E-state index in [4.69, 9.17) is 18.9 Å². The summed E-state index contributed by atoms with van der Waals surface area (Å²) in [4.78, 5) is 57.5. The van der Waals surface area contributed by atoms with Gasteiger partial charge < -0.3 is 53.1 Å². The number of phenols is 1. The van der Waals surface area contributed by atoms with E-state index in [9.17, 15) is 29.4 Å². The number of piperidine rings is 2. The highest BCUT2D eigenvalue weighted by molar-refractivity contribution is 6.06. The molecule has 2 fully saturated rings. The maximum Gasteiger partial charge on any atom is 0.418 e. The topological polar surface area (TPSA) is 183 Å². The van der Waals surface area contributed by atoms with Gasteiger partial charge in [-0.1, -0.05) is 290 Å². The summed E-state index contributed by atoms with van der Waals surface area (Å²) in [6.45, 7) is 21.1. The molecule has 16 aromatic rings. The Balaban J connectivity index is 0.000000183. The molecule has 2 saturated heterocycles. The zero-order chi connectivity index (χ0) is 98.6. The molecule has 145 heavy (non-hydrogen) atoms. The molecule has 2 aliphatic rings. The van der Waals surface area contributed by atoms with Crippen molar-refractivity contribution in [1.29, 1.82) is 0 Å². The molecule has 0 amide bonds. The molecule has 18 rings (SSSR count). The van der Waals surface area contributed by atoms with E-state index in [-0.39, 0.29) is 66.4 Å². The highest BCUT2D eigenvalue weighted by Crippen LogP contribution is 2.43. The van der Waals surface area contributed by atoms with Gasteiger partial charge in [-0.25, -0.2) is 4.79 Å². The number of rotatable bonds is 30. The van der Waals surface area contributed by atoms with Gasteiger partial charge in [-0.15, -0.1) is 0 Å². The first kappa shape index (κ1) is 111. The number of carbonyl (C=O) groups excluding carboxylic acids is 4. The lowest BCUT2D eigenvalue weighted by atomic mass is 9.86. The van der Waals surface area contributed by atoms with Crippen LogP contribution in [-0.4, -0.2) is 136 Å². The summed E-state index contributed by atoms with van der Waals surface area (Å²) in [7, 11) is 4.31. The second-order valence-electron chi connectivity index (χ2n) is 37.7. The number of aryl methyl sites for hydroxylation is 3. The molecule has 0 saturated carbocycles. The summed E-state index contributed by atoms with van der Waals surface area (Å²) in [5.41, 5.74) is 29.8. The number of carbonyl (C=O) groups is 4. The molecule has 0 aliphatic carbocycles. The lowest BCUT2D eigenvalue weighted by Gasteiger charge is -2.26. The third-order valence-electron chi connectivity index (χ3n) is 26.6. The summed E-state index contributed by atoms with van der Waals surface area (Å²) in [5, 5.41) is 24.2. The number of phenolic OH excluding ortho intramolecular Hbond substituents is 1. The maximum absolute atomic E-state index is 12.8. The molecule has 0 spiro atoms. The zero-order valence-corrected chi connectivity index (χ0v) is 83.0. The van der Waals surface area contributed by atoms with Crippen molar-refractivity contribution in [3.05, 3.63) is 424 Å². The highest BCUT2D eigenvalue weighted by Gasteiger charge is 2.26. The number of aliphatic hydroxyl groups excluding tert-OH is 1. The third-order valence-corrected chi connectivity index (χ3v) is 26.6. The van der Waals surface area contributed by atoms with E-state index < -0.39 is 11.7 Å². The standard InChI is InChI=1S/C34H38N2O2.C32H36N2O2.C32H33NO4.C27H25NO2.4CH4/c1-26-11-13-28(14-12-26)34(31(16-18-33(37)38-2)27-9-5-3-6-10-27)30-15-17-32-29(25-30)19-22-36(32)24-23-35-20-7-4-8-21-35;35-23-7-10-30(25-8-3-1-4-9-25)32(26-11-14-29(36)15-12-26)28-13-16-31-27(24-28)17-20-34(31)22-21-33-18-5-2-6-19-33;1-22-11-13-24(14-12-22)30(27(16-18-29(34)36-5)23-9-7-6-8-10-23)26-15-17-28-25(21-26)19-20-33(28)31(35)37-32(2,3)4;1-19-8-10-21(11-9-19)27(23-12-14-25-22(18-23)16-17-28-25)24(13-15-26(29)30-2)20-6-4-3-5-7-20;;;;/h3,5-6,9-15,17,19,22,25H,4,7-8,16,18,20-21,23-24H2,1-2H3;1,3-4,8-9,11-17,20,24,35-36H,2,5-7,10,18-19,21-23H2;6-15,17,19-21H,16,18H2,1-5H3;3-12,14,16-18,28H,13,15H2,1-2H3;4*1H4/b34-31-;32-30-;30-27-;27-24-;;;;. The Morgan fingerprint density at radius 1 is 0.324 bits per heavy atom. The number of aromatic hydroxyl groups is 1. The maximum atomic E-state index is 12.8. The van der Waals surface area contributed by atoms with E-state index >= 15 is 0 Å². The summed E-state index contributed by atoms with van der Waals surface area (Å²) in [5.74, 6) is -0.381. The van der Waals surface area contributed by atoms with Crippen molar-refractivity contribution in [1.82, 2.24) is 28.5 Å². The van der Waals surface area contributed by atoms with Crippen LogP contribution >= 0.6 is 0 Å². The summed E-state index contributed by atoms with van der Waals surface area (Å²) >= 11 is 0. The van der Waals surface area contributed by atoms with E-state index in [2.05, 4.69) is 282 Å². The number of nitrogens with one attached hydrogen (secondary N) is 1. The Hall–Kier alpha value is -14.7. The van der Waals surface area contributed by atoms with Gasteiger partial charge in [0.05, 0.1) is 26.8 Å². The number of ether oxygens (including phenoxy) is 4. The van der Waals surface area contributed by atoms with E-state index in [0.717, 1.165) is 149 Å². The van der Waals surface area contributed by atoms with E-state index in [1.807, 2.05) is 106 Å². The normalized spacial score (nSPS) is 13.3. The van der Waals surface area contributed by atoms with Crippen LogP contribution in [0.4, 0.5) is 4.79 Å². The van der Waals surface area contributed by atoms with Crippen LogP contribution in [0.25, 0.3) is 88.2 Å². The Labute approximate surface area is 860 Å². The minimum Gasteiger partial charge on any atom is -0.508 e. The molecule has 0 unspecified atom stereocenters. The molecule has 6 heterocycles. The second-order valence-corrected chi connectivity index (χ2v) is 37.7. The van der Waals surface area contributed by atoms with Gasteiger partial charge in [-0.05, 0) is 327 Å². The van der Waals surface area contributed by atoms with Gasteiger partial charge in [-0.2, -0.15) is 0 Å². The number of aromatic amines is 1. The van der Waals surface area contributed by atoms with Gasteiger partial charge >= 0.3 is 24.0 Å². The Morgan fingerprint density at radius 3 is 0.979 bits per heavy atom. The first-order chi connectivity index (χ1) is 68.7. The molecule has 3 N–H and O–H groups in total. The number of aliphatic hydroxyl groups is 1. The number of nitrogens with zero attached hydrogens (tertiary/aromatic N) is 5. The van der Waals surface area contributed by atoms with Gasteiger partial charge in [0.2, 0.25) is 0 Å². The lowest BCUT2D eigenvalue weighted by molar-refractivity contribution is -0.141. The van der Waals surface area contributed by atoms with Crippen LogP contribution in [0.2, 0.25) is 0 Å². The largest absolute Gasteiger partial charge is 0.508 e. The SMILES string of the molecule is C.C.C.C.COC(=O)CC/C(=C(\c1ccc(C)cc1)c1ccc2[nH]ccc2c1)c1ccccc1.COC(=O)CC/C(=C(\c1ccc(C)cc1)c1ccc2c(ccn2C(=O)OC(C)(C)C)c1)c1ccccc1.COC(=O)CC/C(=C(\c1ccc(C)cc1)c1ccc2c(ccn2CCN2CCCCC2)c1)c1ccccc1.OCCC/C(=C(\c1ccc(O)cc1)c1ccc2c(ccn2CCN2CCCCC2)c1)c1ccccc1. The lowest BCUT2D eigenvalue weighted by Crippen LogP contribution is -2.32. The molecular weight excluding hydrogens is 1790 g/mol. The van der Waals surface area contributed by atoms with Crippen molar-refractivity contribution >= 4 is 112 Å². The van der Waals surface area contributed by atoms with Crippen molar-refractivity contribution in [2.45, 2.75) is 180 Å². The molecule has 0 atom stereocenters. The molecule has 754 valence electrons. The number of esters is 3. The summed E-state index contributed by atoms with van der Waals surface area (Å²) in [6, 6.07) is 109. The van der Waals surface area contributed by atoms with Gasteiger partial charge in [0.25, 0.3) is 0 Å². The van der Waals surface area contributed by atoms with Gasteiger partial charge in [0, 0.05) is 110 Å². The van der Waals surface area contributed by atoms with Crippen molar-refractivity contribution < 1.29 is 48.3 Å². The number of likely N-dealkylation sites (tertiary alicyclic amines) is 2. The minimum absolute atomic E-state index is 0. The zero-order valence-electron chi connectivity index (χ0n) is 83.0. The molecule has 0 bridgehead atoms. The Morgan fingerprint density at radius 2 is 0.634 bits per heavy atom. The molecule has 16 heteroatoms. The van der Waals surface area contributed by atoms with Crippen LogP contribution in [0.5, 0.6) is 5.75 Å². The smallest absolute Gasteiger partial charge is 0.418 e. The molecular formula is C129H148N6O10. The number of allylic oxidation sites excluding steroid dienone is 4. The van der Waals surface area contributed by atoms with Crippen LogP contribution in [-0.2, 0) is 46.4 Å². The molecule has 12 aromatic carbocycles. The Kier molecular flexibility index (Phi) is 41.3. The van der Waals surface area contributed by atoms with E-state index in [1.54, 1.807) is 18.3 Å². The fraction of sp³-hybridized carbons (Fsp3) is 0.287. The van der Waals surface area contributed by atoms with Gasteiger partial charge in [0.1, 0.15) is 11.4 Å². The fourth-order valence-electron chi connectivity index (χ4n) is 19.2. The first-order valence-corrected chi connectivity index (χ1v) is 49.7. The van der Waals surface area contributed by atoms with Crippen molar-refractivity contribution in [3.63, 3.8) is 0 Å². The average molecular weight is 1940 g/mol. The van der Waals surface area contributed by atoms with Crippen LogP contribution in [0, 0.1) is 20.8 Å². The number of benzene rings is 12. The molecule has 16 nitrogen and oxygen atoms in total. The number of hydrogen-bond donors (Lipinski definition) is 3. The number of methoxy groups -OCH3 is 3. The fourth-order valence-corrected chi connectivity index (χ4v) is 19.2. The number of hydrogen-bond acceptors (Lipinski definition) is 12. The Bertz CT molecular complexity index is 7000. The first-order valence-electron chi connectivity index (χ1n) is 49.7. The number of H-pyrrole nitrogens is 1. The predicted molar refractivity (Wildman–Crippen MR) is 604 cm³/mol. The van der Waals surface area contributed by atoms with Gasteiger partial charge in [-0.3, -0.25) is 19.0 Å². The second kappa shape index (κ2) is 54.1. The summed E-state index contributed by atoms with van der Waals surface area (Å²) in [6.07, 6.45) is 19.9. The van der Waals surface area contributed by atoms with Crippen LogP contribution in [0.15, 0.2) is 340 Å². The van der Waals surface area contributed by atoms with Crippen LogP contribution in [0.3, 0.4) is 0 Å². The van der Waals surface area contributed by atoms with Crippen LogP contribution < -0.4 is 0 Å². The molecule has 4 aromatic heterocycles. The molecule has 0 radical (unpaired) electrons. The third kappa shape index (κ3) is 29.6. The van der Waals surface area contributed by atoms with Crippen molar-refractivity contribution in [2.24, 2.45) is 0 Å². The van der Waals surface area contributed by atoms with E-state index in [1.165, 1.54) is 146 Å². The minimum atomic E-state index is -0.584. The van der Waals surface area contributed by atoms with Gasteiger partial charge in [0.15, 0.2) is 0 Å². The van der Waals surface area contributed by atoms with E-state index in [0.29, 0.717) is 38.5 Å². The predicted octanol–water partition coefficient (Wildman–Crippen LogP) is 30.5. The quantitative estimate of drug-likeness (QED) is 0.0220. The highest BCUT2D eigenvalue weighted by atomic mass is 16.6. The monoisotopic (exact) mass is 1940 g/mol. The average Bonchev–Trinajstić information content (AvgIpc) is 1.77. The number of aromatic nitrogens is 4. The van der Waals surface area contributed by atoms with Crippen LogP contribution in [0.1, 0.15) is 224 Å². The van der Waals surface area contributed by atoms with Crippen molar-refractivity contribution in [3.8, 4) is 5.75 Å². The van der Waals surface area contributed by atoms with Crippen molar-refractivity contribution in [2.75, 3.05) is 67.2 Å². The number of fused-ring (bicyclic) bond motifs is 4. The molecule has 2 aliphatic heterocycles. The summed E-state index contributed by atoms with van der Waals surface area (Å²) < 4.78 is 26.8.